The molecule has 3 aliphatic rings. The third-order valence-corrected chi connectivity index (χ3v) is 7.24. The minimum absolute atomic E-state index is 0.0663. The van der Waals surface area contributed by atoms with Gasteiger partial charge in [-0.15, -0.1) is 11.8 Å². The first kappa shape index (κ1) is 23.8. The number of hydrogen-bond acceptors (Lipinski definition) is 8. The zero-order valence-corrected chi connectivity index (χ0v) is 19.3. The van der Waals surface area contributed by atoms with Gasteiger partial charge in [0.1, 0.15) is 22.9 Å². The molecule has 2 aliphatic heterocycles. The molecule has 2 amide bonds. The van der Waals surface area contributed by atoms with Crippen LogP contribution in [0.15, 0.2) is 65.4 Å². The summed E-state index contributed by atoms with van der Waals surface area (Å²) in [5.41, 5.74) is -1.73. The van der Waals surface area contributed by atoms with E-state index in [0.29, 0.717) is 5.75 Å². The lowest BCUT2D eigenvalue weighted by molar-refractivity contribution is -0.557. The average molecular weight is 506 g/mol. The molecule has 178 valence electrons. The summed E-state index contributed by atoms with van der Waals surface area (Å²) in [6.45, 7) is -0.786. The van der Waals surface area contributed by atoms with Gasteiger partial charge in [-0.05, 0) is 18.2 Å². The van der Waals surface area contributed by atoms with Gasteiger partial charge in [-0.3, -0.25) is 24.6 Å². The molecule has 0 radical (unpaired) electrons. The summed E-state index contributed by atoms with van der Waals surface area (Å²) < 4.78 is 10.6. The first-order valence-corrected chi connectivity index (χ1v) is 11.7. The van der Waals surface area contributed by atoms with Gasteiger partial charge in [0.2, 0.25) is 0 Å². The van der Waals surface area contributed by atoms with Crippen LogP contribution in [0, 0.1) is 10.1 Å². The van der Waals surface area contributed by atoms with E-state index >= 15 is 0 Å². The number of halogens is 1. The zero-order chi connectivity index (χ0) is 24.3. The van der Waals surface area contributed by atoms with Crippen LogP contribution in [0.25, 0.3) is 0 Å². The van der Waals surface area contributed by atoms with E-state index in [9.17, 15) is 24.5 Å². The molecular weight excluding hydrogens is 486 g/mol. The number of nitrogens with one attached hydrogen (secondary N) is 1. The predicted octanol–water partition coefficient (Wildman–Crippen LogP) is 1.99. The van der Waals surface area contributed by atoms with Crippen LogP contribution in [0.2, 0.25) is 0 Å². The van der Waals surface area contributed by atoms with E-state index in [2.05, 4.69) is 5.32 Å². The van der Waals surface area contributed by atoms with E-state index in [0.717, 1.165) is 4.90 Å². The lowest BCUT2D eigenvalue weighted by Crippen LogP contribution is -2.70. The Bertz CT molecular complexity index is 1110. The van der Waals surface area contributed by atoms with Crippen molar-refractivity contribution < 1.29 is 28.8 Å². The molecule has 4 rings (SSSR count). The van der Waals surface area contributed by atoms with Crippen LogP contribution in [0.3, 0.4) is 0 Å². The minimum atomic E-state index is -1.57. The van der Waals surface area contributed by atoms with Crippen molar-refractivity contribution in [1.29, 1.82) is 0 Å². The molecule has 12 heteroatoms. The number of para-hydroxylation sites is 1. The summed E-state index contributed by atoms with van der Waals surface area (Å²) in [6, 6.07) is 7.90. The van der Waals surface area contributed by atoms with Crippen LogP contribution in [0.5, 0.6) is 5.75 Å². The normalized spacial score (nSPS) is 25.3. The number of rotatable bonds is 8. The second-order valence-electron chi connectivity index (χ2n) is 7.74. The van der Waals surface area contributed by atoms with Crippen molar-refractivity contribution in [2.45, 2.75) is 23.4 Å². The van der Waals surface area contributed by atoms with Crippen molar-refractivity contribution in [3.8, 4) is 5.75 Å². The highest BCUT2D eigenvalue weighted by Gasteiger charge is 2.55. The Hall–Kier alpha value is -3.31. The summed E-state index contributed by atoms with van der Waals surface area (Å²) in [5, 5.41) is 13.7. The van der Waals surface area contributed by atoms with E-state index in [1.807, 2.05) is 6.07 Å². The Balaban J connectivity index is 1.37. The van der Waals surface area contributed by atoms with Crippen LogP contribution in [-0.2, 0) is 19.1 Å². The van der Waals surface area contributed by atoms with Gasteiger partial charge in [0, 0.05) is 17.1 Å². The number of fused-ring (bicyclic) bond motifs is 1. The highest BCUT2D eigenvalue weighted by molar-refractivity contribution is 8.00. The van der Waals surface area contributed by atoms with Crippen molar-refractivity contribution in [3.05, 3.63) is 75.5 Å². The first-order valence-electron chi connectivity index (χ1n) is 10.3. The molecule has 1 aromatic carbocycles. The van der Waals surface area contributed by atoms with Crippen molar-refractivity contribution in [1.82, 2.24) is 10.2 Å². The molecule has 1 saturated heterocycles. The van der Waals surface area contributed by atoms with Gasteiger partial charge in [-0.1, -0.05) is 48.0 Å². The number of carbonyl (C=O) groups is 3. The Morgan fingerprint density at radius 1 is 1.29 bits per heavy atom. The number of thioether (sulfide) groups is 1. The van der Waals surface area contributed by atoms with E-state index in [4.69, 9.17) is 21.1 Å². The second kappa shape index (κ2) is 9.90. The molecule has 34 heavy (non-hydrogen) atoms. The Labute approximate surface area is 203 Å². The largest absolute Gasteiger partial charge is 0.484 e. The average Bonchev–Trinajstić information content (AvgIpc) is 2.85. The van der Waals surface area contributed by atoms with Gasteiger partial charge in [-0.25, -0.2) is 4.79 Å². The van der Waals surface area contributed by atoms with Gasteiger partial charge in [-0.2, -0.15) is 0 Å². The number of nitrogens with zero attached hydrogens (tertiary/aromatic N) is 2. The van der Waals surface area contributed by atoms with Gasteiger partial charge in [0.05, 0.1) is 5.03 Å². The molecule has 3 atom stereocenters. The van der Waals surface area contributed by atoms with Crippen LogP contribution in [0.4, 0.5) is 0 Å². The van der Waals surface area contributed by atoms with Crippen LogP contribution >= 0.6 is 23.4 Å². The predicted molar refractivity (Wildman–Crippen MR) is 123 cm³/mol. The molecular formula is C22H20ClN3O7S. The third-order valence-electron chi connectivity index (χ3n) is 5.49. The number of ether oxygens (including phenoxy) is 2. The Morgan fingerprint density at radius 2 is 2.06 bits per heavy atom. The molecule has 1 fully saturated rings. The SMILES string of the molecule is O=C(COc1ccccc1)NC1C(=O)N2C(C(=O)OCC3([N+](=O)[O-])C=CC=CC3)=C(Cl)CS[C@H]12. The molecule has 2 heterocycles. The Kier molecular flexibility index (Phi) is 6.94. The highest BCUT2D eigenvalue weighted by atomic mass is 35.5. The quantitative estimate of drug-likeness (QED) is 0.246. The van der Waals surface area contributed by atoms with Gasteiger partial charge >= 0.3 is 5.97 Å². The number of amides is 2. The standard InChI is InChI=1S/C22H20ClN3O7S/c23-15-12-34-20-17(24-16(27)11-32-14-7-3-1-4-8-14)19(28)25(20)18(15)21(29)33-13-22(26(30)31)9-5-2-6-10-22/h1-9,17,20H,10-13H2,(H,24,27)/t17?,20-,22?/m1/s1. The number of hydrogen-bond donors (Lipinski definition) is 1. The maximum Gasteiger partial charge on any atom is 0.356 e. The maximum atomic E-state index is 12.8. The summed E-state index contributed by atoms with van der Waals surface area (Å²) in [7, 11) is 0. The van der Waals surface area contributed by atoms with Gasteiger partial charge < -0.3 is 14.8 Å². The van der Waals surface area contributed by atoms with Gasteiger partial charge in [0.25, 0.3) is 17.4 Å². The molecule has 0 bridgehead atoms. The fourth-order valence-corrected chi connectivity index (χ4v) is 5.21. The molecule has 0 aromatic heterocycles. The Morgan fingerprint density at radius 3 is 2.74 bits per heavy atom. The lowest BCUT2D eigenvalue weighted by atomic mass is 9.93. The summed E-state index contributed by atoms with van der Waals surface area (Å²) in [5.74, 6) is -1.21. The fraction of sp³-hybridized carbons (Fsp3) is 0.318. The number of esters is 1. The molecule has 1 aromatic rings. The maximum absolute atomic E-state index is 12.8. The van der Waals surface area contributed by atoms with E-state index in [1.165, 1.54) is 23.9 Å². The highest BCUT2D eigenvalue weighted by Crippen LogP contribution is 2.41. The number of β-lactam (4-membered cyclic amide) rings is 1. The van der Waals surface area contributed by atoms with Crippen LogP contribution in [0.1, 0.15) is 6.42 Å². The smallest absolute Gasteiger partial charge is 0.356 e. The number of allylic oxidation sites excluding steroid dienone is 2. The molecule has 0 spiro atoms. The van der Waals surface area contributed by atoms with Crippen molar-refractivity contribution >= 4 is 41.1 Å². The van der Waals surface area contributed by atoms with Gasteiger partial charge in [0.15, 0.2) is 13.2 Å². The number of nitro groups is 1. The minimum Gasteiger partial charge on any atom is -0.484 e. The molecule has 10 nitrogen and oxygen atoms in total. The third kappa shape index (κ3) is 4.66. The monoisotopic (exact) mass is 505 g/mol. The van der Waals surface area contributed by atoms with E-state index in [1.54, 1.807) is 36.4 Å². The molecule has 1 aliphatic carbocycles. The second-order valence-corrected chi connectivity index (χ2v) is 9.30. The van der Waals surface area contributed by atoms with Crippen LogP contribution < -0.4 is 10.1 Å². The van der Waals surface area contributed by atoms with E-state index < -0.39 is 46.3 Å². The van der Waals surface area contributed by atoms with E-state index in [-0.39, 0.29) is 29.5 Å². The molecule has 2 unspecified atom stereocenters. The molecule has 0 saturated carbocycles. The summed E-state index contributed by atoms with van der Waals surface area (Å²) in [6.07, 6.45) is 6.24. The molecule has 1 N–H and O–H groups in total. The lowest BCUT2D eigenvalue weighted by Gasteiger charge is -2.49. The topological polar surface area (TPSA) is 128 Å². The van der Waals surface area contributed by atoms with Crippen molar-refractivity contribution in [2.24, 2.45) is 0 Å². The van der Waals surface area contributed by atoms with Crippen molar-refractivity contribution in [2.75, 3.05) is 19.0 Å². The number of benzene rings is 1. The number of carbonyl (C=O) groups excluding carboxylic acids is 3. The summed E-state index contributed by atoms with van der Waals surface area (Å²) in [4.78, 5) is 50.1. The fourth-order valence-electron chi connectivity index (χ4n) is 3.66. The van der Waals surface area contributed by atoms with Crippen LogP contribution in [-0.4, -0.2) is 63.5 Å². The zero-order valence-electron chi connectivity index (χ0n) is 17.7. The first-order chi connectivity index (χ1) is 16.3. The summed E-state index contributed by atoms with van der Waals surface area (Å²) >= 11 is 7.51. The van der Waals surface area contributed by atoms with Crippen molar-refractivity contribution in [3.63, 3.8) is 0 Å².